The number of nitrogens with one attached hydrogen (secondary N) is 1. The number of carbonyl (C=O) groups excluding carboxylic acids is 2. The van der Waals surface area contributed by atoms with E-state index in [0.29, 0.717) is 11.3 Å². The average molecular weight is 310 g/mol. The molecule has 8 nitrogen and oxygen atoms in total. The first kappa shape index (κ1) is 17.4. The maximum Gasteiger partial charge on any atom is 0.337 e. The van der Waals surface area contributed by atoms with Gasteiger partial charge in [-0.3, -0.25) is 9.59 Å². The van der Waals surface area contributed by atoms with Crippen LogP contribution in [0.5, 0.6) is 5.75 Å². The molecule has 1 unspecified atom stereocenters. The molecule has 1 aromatic carbocycles. The Hall–Kier alpha value is -2.61. The lowest BCUT2D eigenvalue weighted by Crippen LogP contribution is -2.46. The lowest BCUT2D eigenvalue weighted by Gasteiger charge is -2.18. The number of amides is 2. The number of hydrogen-bond acceptors (Lipinski definition) is 5. The van der Waals surface area contributed by atoms with E-state index in [9.17, 15) is 19.5 Å². The molecule has 0 heterocycles. The molecule has 0 spiro atoms. The SMILES string of the molecule is CC(O)(CNC(=O)CCOc1cccc(C(N)=O)c1)C(=O)O. The van der Waals surface area contributed by atoms with E-state index in [1.165, 1.54) is 12.1 Å². The highest BCUT2D eigenvalue weighted by molar-refractivity contribution is 5.93. The van der Waals surface area contributed by atoms with E-state index in [-0.39, 0.29) is 13.0 Å². The Kier molecular flexibility index (Phi) is 5.88. The molecule has 1 atom stereocenters. The van der Waals surface area contributed by atoms with Gasteiger partial charge < -0.3 is 26.0 Å². The van der Waals surface area contributed by atoms with Gasteiger partial charge in [0.25, 0.3) is 0 Å². The van der Waals surface area contributed by atoms with Gasteiger partial charge in [-0.1, -0.05) is 6.07 Å². The molecule has 0 fully saturated rings. The van der Waals surface area contributed by atoms with Crippen LogP contribution in [-0.2, 0) is 9.59 Å². The molecule has 0 aliphatic carbocycles. The first-order chi connectivity index (χ1) is 10.2. The van der Waals surface area contributed by atoms with Crippen LogP contribution in [0.1, 0.15) is 23.7 Å². The van der Waals surface area contributed by atoms with E-state index in [0.717, 1.165) is 6.92 Å². The van der Waals surface area contributed by atoms with Crippen molar-refractivity contribution in [1.29, 1.82) is 0 Å². The number of rotatable bonds is 8. The molecule has 8 heteroatoms. The van der Waals surface area contributed by atoms with E-state index in [1.807, 2.05) is 0 Å². The summed E-state index contributed by atoms with van der Waals surface area (Å²) in [5, 5.41) is 20.4. The third kappa shape index (κ3) is 5.41. The Morgan fingerprint density at radius 1 is 1.36 bits per heavy atom. The highest BCUT2D eigenvalue weighted by Gasteiger charge is 2.30. The normalized spacial score (nSPS) is 13.0. The van der Waals surface area contributed by atoms with E-state index < -0.39 is 29.9 Å². The van der Waals surface area contributed by atoms with Crippen molar-refractivity contribution >= 4 is 17.8 Å². The fourth-order valence-corrected chi connectivity index (χ4v) is 1.44. The number of nitrogens with two attached hydrogens (primary N) is 1. The number of primary amides is 1. The molecule has 0 radical (unpaired) electrons. The van der Waals surface area contributed by atoms with Crippen molar-refractivity contribution in [1.82, 2.24) is 5.32 Å². The summed E-state index contributed by atoms with van der Waals surface area (Å²) >= 11 is 0. The minimum absolute atomic E-state index is 0.0310. The van der Waals surface area contributed by atoms with Gasteiger partial charge >= 0.3 is 5.97 Å². The van der Waals surface area contributed by atoms with Crippen LogP contribution < -0.4 is 15.8 Å². The molecular weight excluding hydrogens is 292 g/mol. The van der Waals surface area contributed by atoms with Gasteiger partial charge in [-0.2, -0.15) is 0 Å². The van der Waals surface area contributed by atoms with Gasteiger partial charge in [0.15, 0.2) is 5.60 Å². The predicted octanol–water partition coefficient (Wildman–Crippen LogP) is -0.494. The third-order valence-corrected chi connectivity index (χ3v) is 2.81. The Balaban J connectivity index is 2.38. The van der Waals surface area contributed by atoms with Gasteiger partial charge in [0.05, 0.1) is 19.6 Å². The monoisotopic (exact) mass is 310 g/mol. The van der Waals surface area contributed by atoms with Crippen LogP contribution in [0.25, 0.3) is 0 Å². The quantitative estimate of drug-likeness (QED) is 0.511. The molecule has 0 aromatic heterocycles. The molecule has 120 valence electrons. The zero-order valence-electron chi connectivity index (χ0n) is 12.0. The van der Waals surface area contributed by atoms with Crippen molar-refractivity contribution in [2.24, 2.45) is 5.73 Å². The van der Waals surface area contributed by atoms with E-state index >= 15 is 0 Å². The van der Waals surface area contributed by atoms with Gasteiger partial charge in [0.1, 0.15) is 5.75 Å². The maximum absolute atomic E-state index is 11.5. The summed E-state index contributed by atoms with van der Waals surface area (Å²) in [6, 6.07) is 6.20. The number of carbonyl (C=O) groups is 3. The second-order valence-electron chi connectivity index (χ2n) is 4.85. The summed E-state index contributed by atoms with van der Waals surface area (Å²) in [5.74, 6) is -2.08. The summed E-state index contributed by atoms with van der Waals surface area (Å²) in [6.07, 6.45) is -0.0313. The molecule has 0 bridgehead atoms. The number of aliphatic carboxylic acids is 1. The highest BCUT2D eigenvalue weighted by Crippen LogP contribution is 2.13. The molecule has 0 aliphatic heterocycles. The van der Waals surface area contributed by atoms with Gasteiger partial charge in [-0.15, -0.1) is 0 Å². The minimum atomic E-state index is -2.02. The zero-order chi connectivity index (χ0) is 16.8. The van der Waals surface area contributed by atoms with Crippen LogP contribution in [0.3, 0.4) is 0 Å². The van der Waals surface area contributed by atoms with Gasteiger partial charge in [-0.25, -0.2) is 4.79 Å². The lowest BCUT2D eigenvalue weighted by atomic mass is 10.1. The van der Waals surface area contributed by atoms with Gasteiger partial charge in [0, 0.05) is 5.56 Å². The number of aliphatic hydroxyl groups is 1. The molecule has 1 rings (SSSR count). The van der Waals surface area contributed by atoms with Crippen molar-refractivity contribution in [2.45, 2.75) is 18.9 Å². The Morgan fingerprint density at radius 3 is 2.64 bits per heavy atom. The Labute approximate surface area is 126 Å². The van der Waals surface area contributed by atoms with Crippen LogP contribution in [0.15, 0.2) is 24.3 Å². The van der Waals surface area contributed by atoms with E-state index in [4.69, 9.17) is 15.6 Å². The highest BCUT2D eigenvalue weighted by atomic mass is 16.5. The largest absolute Gasteiger partial charge is 0.493 e. The maximum atomic E-state index is 11.5. The first-order valence-corrected chi connectivity index (χ1v) is 6.47. The minimum Gasteiger partial charge on any atom is -0.493 e. The number of ether oxygens (including phenoxy) is 1. The van der Waals surface area contributed by atoms with Crippen LogP contribution >= 0.6 is 0 Å². The van der Waals surface area contributed by atoms with Crippen molar-refractivity contribution in [3.63, 3.8) is 0 Å². The molecule has 1 aromatic rings. The van der Waals surface area contributed by atoms with Crippen LogP contribution in [0, 0.1) is 0 Å². The fourth-order valence-electron chi connectivity index (χ4n) is 1.44. The summed E-state index contributed by atoms with van der Waals surface area (Å²) in [6.45, 7) is 0.711. The lowest BCUT2D eigenvalue weighted by molar-refractivity contribution is -0.156. The molecule has 0 saturated carbocycles. The van der Waals surface area contributed by atoms with Crippen LogP contribution in [0.2, 0.25) is 0 Å². The number of hydrogen-bond donors (Lipinski definition) is 4. The summed E-state index contributed by atoms with van der Waals surface area (Å²) in [4.78, 5) is 33.2. The van der Waals surface area contributed by atoms with Gasteiger partial charge in [-0.05, 0) is 25.1 Å². The third-order valence-electron chi connectivity index (χ3n) is 2.81. The van der Waals surface area contributed by atoms with E-state index in [1.54, 1.807) is 12.1 Å². The second kappa shape index (κ2) is 7.41. The molecule has 22 heavy (non-hydrogen) atoms. The first-order valence-electron chi connectivity index (χ1n) is 6.47. The van der Waals surface area contributed by atoms with E-state index in [2.05, 4.69) is 5.32 Å². The average Bonchev–Trinajstić information content (AvgIpc) is 2.45. The number of benzene rings is 1. The van der Waals surface area contributed by atoms with Crippen LogP contribution in [0.4, 0.5) is 0 Å². The zero-order valence-corrected chi connectivity index (χ0v) is 12.0. The standard InChI is InChI=1S/C14H18N2O6/c1-14(21,13(19)20)8-16-11(17)5-6-22-10-4-2-3-9(7-10)12(15)18/h2-4,7,21H,5-6,8H2,1H3,(H2,15,18)(H,16,17)(H,19,20). The van der Waals surface area contributed by atoms with Crippen molar-refractivity contribution < 1.29 is 29.3 Å². The molecule has 0 saturated heterocycles. The molecule has 5 N–H and O–H groups in total. The van der Waals surface area contributed by atoms with Crippen molar-refractivity contribution in [3.05, 3.63) is 29.8 Å². The smallest absolute Gasteiger partial charge is 0.337 e. The Bertz CT molecular complexity index is 570. The summed E-state index contributed by atoms with van der Waals surface area (Å²) < 4.78 is 5.30. The summed E-state index contributed by atoms with van der Waals surface area (Å²) in [7, 11) is 0. The fraction of sp³-hybridized carbons (Fsp3) is 0.357. The molecular formula is C14H18N2O6. The molecule has 2 amide bonds. The Morgan fingerprint density at radius 2 is 2.05 bits per heavy atom. The number of carboxylic acids is 1. The molecule has 0 aliphatic rings. The topological polar surface area (TPSA) is 139 Å². The van der Waals surface area contributed by atoms with Crippen molar-refractivity contribution in [2.75, 3.05) is 13.2 Å². The van der Waals surface area contributed by atoms with Crippen molar-refractivity contribution in [3.8, 4) is 5.75 Å². The number of carboxylic acid groups (broad SMARTS) is 1. The second-order valence-corrected chi connectivity index (χ2v) is 4.85. The van der Waals surface area contributed by atoms with Crippen LogP contribution in [-0.4, -0.2) is 46.7 Å². The predicted molar refractivity (Wildman–Crippen MR) is 76.3 cm³/mol. The summed E-state index contributed by atoms with van der Waals surface area (Å²) in [5.41, 5.74) is 3.40. The van der Waals surface area contributed by atoms with Gasteiger partial charge in [0.2, 0.25) is 11.8 Å².